The van der Waals surface area contributed by atoms with Crippen LogP contribution in [0.1, 0.15) is 44.6 Å². The van der Waals surface area contributed by atoms with Crippen LogP contribution in [0.4, 0.5) is 4.39 Å². The van der Waals surface area contributed by atoms with Crippen molar-refractivity contribution in [3.63, 3.8) is 0 Å². The van der Waals surface area contributed by atoms with E-state index in [-0.39, 0.29) is 17.8 Å². The van der Waals surface area contributed by atoms with Crippen molar-refractivity contribution in [2.24, 2.45) is 0 Å². The van der Waals surface area contributed by atoms with Gasteiger partial charge in [0.25, 0.3) is 5.91 Å². The lowest BCUT2D eigenvalue weighted by Gasteiger charge is -2.14. The minimum atomic E-state index is -0.415. The predicted molar refractivity (Wildman–Crippen MR) is 110 cm³/mol. The fraction of sp³-hybridized carbons (Fsp3) is 0.261. The summed E-state index contributed by atoms with van der Waals surface area (Å²) < 4.78 is 20.7. The molecule has 0 saturated carbocycles. The third-order valence-electron chi connectivity index (χ3n) is 5.13. The summed E-state index contributed by atoms with van der Waals surface area (Å²) in [4.78, 5) is 24.0. The molecule has 1 aromatic heterocycles. The molecule has 2 aromatic carbocycles. The number of ether oxygens (including phenoxy) is 1. The molecule has 0 spiro atoms. The number of hydrogen-bond donors (Lipinski definition) is 2. The molecular formula is C23H22FN3O3. The molecule has 0 bridgehead atoms. The zero-order valence-corrected chi connectivity index (χ0v) is 17.0. The first kappa shape index (κ1) is 19.8. The molecule has 1 amide bonds. The smallest absolute Gasteiger partial charge is 0.271 e. The van der Waals surface area contributed by atoms with Crippen LogP contribution in [0.3, 0.4) is 0 Å². The van der Waals surface area contributed by atoms with Crippen molar-refractivity contribution < 1.29 is 18.7 Å². The second kappa shape index (κ2) is 7.74. The maximum Gasteiger partial charge on any atom is 0.271 e. The van der Waals surface area contributed by atoms with E-state index in [4.69, 9.17) is 4.74 Å². The Kier molecular flexibility index (Phi) is 5.11. The van der Waals surface area contributed by atoms with Gasteiger partial charge in [0.2, 0.25) is 0 Å². The third kappa shape index (κ3) is 3.83. The number of benzene rings is 2. The largest absolute Gasteiger partial charge is 0.487 e. The fourth-order valence-electron chi connectivity index (χ4n) is 3.69. The molecule has 0 saturated heterocycles. The number of carbonyl (C=O) groups excluding carboxylic acids is 2. The summed E-state index contributed by atoms with van der Waals surface area (Å²) in [6, 6.07) is 9.88. The normalized spacial score (nSPS) is 14.9. The number of nitrogens with one attached hydrogen (secondary N) is 2. The molecular weight excluding hydrogens is 385 g/mol. The number of hydrogen-bond acceptors (Lipinski definition) is 4. The molecule has 1 aliphatic rings. The van der Waals surface area contributed by atoms with E-state index in [1.165, 1.54) is 19.1 Å². The van der Waals surface area contributed by atoms with Crippen molar-refractivity contribution in [3.8, 4) is 16.9 Å². The molecule has 1 atom stereocenters. The van der Waals surface area contributed by atoms with Gasteiger partial charge in [-0.2, -0.15) is 5.10 Å². The molecule has 4 rings (SSSR count). The van der Waals surface area contributed by atoms with E-state index in [1.807, 2.05) is 26.0 Å². The van der Waals surface area contributed by atoms with Crippen LogP contribution in [0.2, 0.25) is 0 Å². The summed E-state index contributed by atoms with van der Waals surface area (Å²) in [5.74, 6) is -0.233. The number of H-pyrrole nitrogens is 1. The van der Waals surface area contributed by atoms with Gasteiger partial charge in [-0.05, 0) is 62.2 Å². The van der Waals surface area contributed by atoms with E-state index in [9.17, 15) is 14.0 Å². The number of fused-ring (bicyclic) bond motifs is 1. The Labute approximate surface area is 173 Å². The highest BCUT2D eigenvalue weighted by Crippen LogP contribution is 2.41. The number of amides is 1. The molecule has 7 heteroatoms. The Morgan fingerprint density at radius 1 is 1.20 bits per heavy atom. The quantitative estimate of drug-likeness (QED) is 0.631. The lowest BCUT2D eigenvalue weighted by molar-refractivity contribution is 0.0928. The monoisotopic (exact) mass is 407 g/mol. The summed E-state index contributed by atoms with van der Waals surface area (Å²) in [7, 11) is 0. The Morgan fingerprint density at radius 2 is 2.00 bits per heavy atom. The Bertz CT molecular complexity index is 1150. The SMILES string of the molecule is CC(=O)c1ccc(F)c(-c2cc(C)cc3c2OC(CNC(=O)c2cc(C)[nH]n2)C3)c1. The van der Waals surface area contributed by atoms with Crippen molar-refractivity contribution in [1.29, 1.82) is 0 Å². The van der Waals surface area contributed by atoms with Gasteiger partial charge in [0.15, 0.2) is 5.78 Å². The molecule has 2 N–H and O–H groups in total. The molecule has 0 radical (unpaired) electrons. The lowest BCUT2D eigenvalue weighted by Crippen LogP contribution is -2.34. The van der Waals surface area contributed by atoms with Crippen LogP contribution < -0.4 is 10.1 Å². The number of aromatic amines is 1. The number of halogens is 1. The second-order valence-corrected chi connectivity index (χ2v) is 7.64. The van der Waals surface area contributed by atoms with Crippen molar-refractivity contribution in [1.82, 2.24) is 15.5 Å². The average molecular weight is 407 g/mol. The van der Waals surface area contributed by atoms with Crippen LogP contribution in [0.15, 0.2) is 36.4 Å². The maximum absolute atomic E-state index is 14.6. The molecule has 2 heterocycles. The molecule has 1 aliphatic heterocycles. The molecule has 3 aromatic rings. The number of aromatic nitrogens is 2. The molecule has 1 unspecified atom stereocenters. The summed E-state index contributed by atoms with van der Waals surface area (Å²) in [6.07, 6.45) is 0.321. The van der Waals surface area contributed by atoms with Gasteiger partial charge in [-0.3, -0.25) is 14.7 Å². The first-order chi connectivity index (χ1) is 14.3. The first-order valence-electron chi connectivity index (χ1n) is 9.73. The van der Waals surface area contributed by atoms with Gasteiger partial charge in [-0.15, -0.1) is 0 Å². The van der Waals surface area contributed by atoms with E-state index in [0.717, 1.165) is 16.8 Å². The molecule has 6 nitrogen and oxygen atoms in total. The predicted octanol–water partition coefficient (Wildman–Crippen LogP) is 3.77. The van der Waals surface area contributed by atoms with Crippen molar-refractivity contribution in [3.05, 3.63) is 70.3 Å². The van der Waals surface area contributed by atoms with Crippen molar-refractivity contribution >= 4 is 11.7 Å². The highest BCUT2D eigenvalue weighted by molar-refractivity contribution is 5.95. The van der Waals surface area contributed by atoms with Crippen LogP contribution >= 0.6 is 0 Å². The van der Waals surface area contributed by atoms with Crippen LogP contribution in [0.5, 0.6) is 5.75 Å². The van der Waals surface area contributed by atoms with E-state index in [1.54, 1.807) is 12.1 Å². The van der Waals surface area contributed by atoms with Crippen molar-refractivity contribution in [2.75, 3.05) is 6.54 Å². The molecule has 0 aliphatic carbocycles. The maximum atomic E-state index is 14.6. The van der Waals surface area contributed by atoms with Gasteiger partial charge in [0.1, 0.15) is 23.4 Å². The number of nitrogens with zero attached hydrogens (tertiary/aromatic N) is 1. The standard InChI is InChI=1S/C23H22FN3O3/c1-12-6-16-9-17(11-25-23(29)21-8-13(2)26-27-21)30-22(16)19(7-12)18-10-15(14(3)28)4-5-20(18)24/h4-8,10,17H,9,11H2,1-3H3,(H,25,29)(H,26,27). The Balaban J connectivity index is 1.57. The molecule has 154 valence electrons. The van der Waals surface area contributed by atoms with Gasteiger partial charge in [0.05, 0.1) is 6.54 Å². The van der Waals surface area contributed by atoms with Gasteiger partial charge in [-0.1, -0.05) is 6.07 Å². The first-order valence-corrected chi connectivity index (χ1v) is 9.73. The number of carbonyl (C=O) groups is 2. The summed E-state index contributed by atoms with van der Waals surface area (Å²) in [6.45, 7) is 5.51. The highest BCUT2D eigenvalue weighted by atomic mass is 19.1. The van der Waals surface area contributed by atoms with E-state index in [2.05, 4.69) is 15.5 Å². The van der Waals surface area contributed by atoms with Gasteiger partial charge in [-0.25, -0.2) is 4.39 Å². The minimum absolute atomic E-state index is 0.129. The highest BCUT2D eigenvalue weighted by Gasteiger charge is 2.28. The Morgan fingerprint density at radius 3 is 2.70 bits per heavy atom. The summed E-state index contributed by atoms with van der Waals surface area (Å²) in [5.41, 5.74) is 4.44. The minimum Gasteiger partial charge on any atom is -0.487 e. The van der Waals surface area contributed by atoms with Gasteiger partial charge >= 0.3 is 0 Å². The van der Waals surface area contributed by atoms with Crippen LogP contribution in [-0.2, 0) is 6.42 Å². The average Bonchev–Trinajstić information content (AvgIpc) is 3.31. The van der Waals surface area contributed by atoms with Crippen LogP contribution in [0.25, 0.3) is 11.1 Å². The number of Topliss-reactive ketones (excluding diaryl/α,β-unsaturated/α-hetero) is 1. The number of aryl methyl sites for hydroxylation is 2. The molecule has 0 fully saturated rings. The zero-order valence-electron chi connectivity index (χ0n) is 17.0. The second-order valence-electron chi connectivity index (χ2n) is 7.64. The van der Waals surface area contributed by atoms with E-state index < -0.39 is 5.82 Å². The van der Waals surface area contributed by atoms with E-state index >= 15 is 0 Å². The van der Waals surface area contributed by atoms with E-state index in [0.29, 0.717) is 41.1 Å². The van der Waals surface area contributed by atoms with Crippen LogP contribution in [-0.4, -0.2) is 34.5 Å². The summed E-state index contributed by atoms with van der Waals surface area (Å²) in [5, 5.41) is 9.52. The number of ketones is 1. The summed E-state index contributed by atoms with van der Waals surface area (Å²) >= 11 is 0. The number of rotatable bonds is 5. The Hall–Kier alpha value is -3.48. The fourth-order valence-corrected chi connectivity index (χ4v) is 3.69. The lowest BCUT2D eigenvalue weighted by atomic mass is 9.95. The van der Waals surface area contributed by atoms with Crippen molar-refractivity contribution in [2.45, 2.75) is 33.3 Å². The topological polar surface area (TPSA) is 84.1 Å². The van der Waals surface area contributed by atoms with Gasteiger partial charge in [0, 0.05) is 28.8 Å². The van der Waals surface area contributed by atoms with Crippen LogP contribution in [0, 0.1) is 19.7 Å². The molecule has 30 heavy (non-hydrogen) atoms. The van der Waals surface area contributed by atoms with Gasteiger partial charge < -0.3 is 10.1 Å². The zero-order chi connectivity index (χ0) is 21.4. The third-order valence-corrected chi connectivity index (χ3v) is 5.13.